The fourth-order valence-corrected chi connectivity index (χ4v) is 2.90. The minimum atomic E-state index is -5.12. The highest BCUT2D eigenvalue weighted by atomic mass is 32.2. The molecule has 0 spiro atoms. The Morgan fingerprint density at radius 1 is 0.952 bits per heavy atom. The lowest BCUT2D eigenvalue weighted by atomic mass is 10.2. The van der Waals surface area contributed by atoms with Gasteiger partial charge in [-0.1, -0.05) is 0 Å². The van der Waals surface area contributed by atoms with Crippen LogP contribution in [0.1, 0.15) is 0 Å². The zero-order chi connectivity index (χ0) is 16.6. The predicted molar refractivity (Wildman–Crippen MR) is 62.3 cm³/mol. The second kappa shape index (κ2) is 5.75. The number of hydrogen-bond acceptors (Lipinski definition) is 5. The Balaban J connectivity index is 3.27. The first-order valence-corrected chi connectivity index (χ1v) is 8.04. The van der Waals surface area contributed by atoms with Crippen molar-refractivity contribution in [3.8, 4) is 0 Å². The van der Waals surface area contributed by atoms with Gasteiger partial charge in [0.1, 0.15) is 5.69 Å². The van der Waals surface area contributed by atoms with Crippen LogP contribution in [0, 0.1) is 23.3 Å². The lowest BCUT2D eigenvalue weighted by molar-refractivity contribution is 0.423. The Morgan fingerprint density at radius 3 is 1.76 bits per heavy atom. The topological polar surface area (TPSA) is 127 Å². The quantitative estimate of drug-likeness (QED) is 0.296. The molecule has 0 aliphatic carbocycles. The predicted octanol–water partition coefficient (Wildman–Crippen LogP) is -0.00870. The van der Waals surface area contributed by atoms with Gasteiger partial charge in [0.15, 0.2) is 28.2 Å². The standard InChI is InChI=1S/C8H8F4N2O5S2/c9-3-5(11)8(6(12)4(10)7(3)13)21(18,19)14-1-2-20(15,16)17/h14H,1-2,13H2,(H,15,16,17). The molecule has 0 radical (unpaired) electrons. The lowest BCUT2D eigenvalue weighted by Gasteiger charge is -2.10. The van der Waals surface area contributed by atoms with Crippen LogP contribution in [0.25, 0.3) is 0 Å². The first-order chi connectivity index (χ1) is 9.38. The van der Waals surface area contributed by atoms with Crippen LogP contribution >= 0.6 is 0 Å². The highest BCUT2D eigenvalue weighted by molar-refractivity contribution is 7.89. The van der Waals surface area contributed by atoms with Gasteiger partial charge in [-0.25, -0.2) is 30.7 Å². The molecule has 0 atom stereocenters. The molecule has 13 heteroatoms. The van der Waals surface area contributed by atoms with Gasteiger partial charge >= 0.3 is 0 Å². The Labute approximate surface area is 116 Å². The minimum Gasteiger partial charge on any atom is -0.394 e. The van der Waals surface area contributed by atoms with Gasteiger partial charge in [0.2, 0.25) is 10.0 Å². The second-order valence-corrected chi connectivity index (χ2v) is 6.96. The molecule has 0 fully saturated rings. The first kappa shape index (κ1) is 17.6. The fraction of sp³-hybridized carbons (Fsp3) is 0.250. The van der Waals surface area contributed by atoms with Gasteiger partial charge < -0.3 is 5.73 Å². The molecular weight excluding hydrogens is 344 g/mol. The van der Waals surface area contributed by atoms with E-state index < -0.39 is 66.3 Å². The van der Waals surface area contributed by atoms with Gasteiger partial charge in [0.05, 0.1) is 5.75 Å². The molecule has 0 saturated heterocycles. The molecule has 0 amide bonds. The van der Waals surface area contributed by atoms with E-state index >= 15 is 0 Å². The minimum absolute atomic E-state index is 0.979. The number of rotatable bonds is 5. The van der Waals surface area contributed by atoms with Crippen LogP contribution in [0.15, 0.2) is 4.90 Å². The van der Waals surface area contributed by atoms with Crippen LogP contribution in [0.2, 0.25) is 0 Å². The SMILES string of the molecule is Nc1c(F)c(F)c(S(=O)(=O)NCCS(=O)(=O)O)c(F)c1F. The van der Waals surface area contributed by atoms with Crippen LogP contribution in [-0.2, 0) is 20.1 Å². The van der Waals surface area contributed by atoms with Crippen molar-refractivity contribution >= 4 is 25.8 Å². The Hall–Kier alpha value is -1.44. The first-order valence-electron chi connectivity index (χ1n) is 4.94. The number of halogens is 4. The summed E-state index contributed by atoms with van der Waals surface area (Å²) in [6, 6.07) is 0. The second-order valence-electron chi connectivity index (χ2n) is 3.68. The maximum atomic E-state index is 13.4. The van der Waals surface area contributed by atoms with E-state index in [0.29, 0.717) is 0 Å². The summed E-state index contributed by atoms with van der Waals surface area (Å²) in [5.41, 5.74) is 3.16. The van der Waals surface area contributed by atoms with E-state index in [9.17, 15) is 34.4 Å². The maximum absolute atomic E-state index is 13.4. The van der Waals surface area contributed by atoms with Crippen molar-refractivity contribution in [1.82, 2.24) is 4.72 Å². The highest BCUT2D eigenvalue weighted by Gasteiger charge is 2.32. The van der Waals surface area contributed by atoms with Crippen molar-refractivity contribution in [2.24, 2.45) is 0 Å². The maximum Gasteiger partial charge on any atom is 0.266 e. The summed E-state index contributed by atoms with van der Waals surface area (Å²) in [7, 11) is -9.67. The van der Waals surface area contributed by atoms with E-state index in [0.717, 1.165) is 0 Å². The number of benzene rings is 1. The van der Waals surface area contributed by atoms with Gasteiger partial charge in [-0.15, -0.1) is 0 Å². The Morgan fingerprint density at radius 2 is 1.38 bits per heavy atom. The highest BCUT2D eigenvalue weighted by Crippen LogP contribution is 2.28. The number of sulfonamides is 1. The van der Waals surface area contributed by atoms with Gasteiger partial charge in [0.25, 0.3) is 10.1 Å². The number of anilines is 1. The molecule has 0 aromatic heterocycles. The molecule has 0 aliphatic heterocycles. The van der Waals surface area contributed by atoms with E-state index in [1.165, 1.54) is 4.72 Å². The molecule has 21 heavy (non-hydrogen) atoms. The molecule has 0 unspecified atom stereocenters. The van der Waals surface area contributed by atoms with Crippen molar-refractivity contribution < 1.29 is 39.0 Å². The van der Waals surface area contributed by atoms with Gasteiger partial charge in [-0.3, -0.25) is 4.55 Å². The summed E-state index contributed by atoms with van der Waals surface area (Å²) in [5, 5.41) is 0. The average Bonchev–Trinajstić information content (AvgIpc) is 2.32. The van der Waals surface area contributed by atoms with Crippen molar-refractivity contribution in [3.05, 3.63) is 23.3 Å². The smallest absolute Gasteiger partial charge is 0.266 e. The number of nitrogens with one attached hydrogen (secondary N) is 1. The van der Waals surface area contributed by atoms with E-state index in [2.05, 4.69) is 0 Å². The van der Waals surface area contributed by atoms with Crippen LogP contribution in [-0.4, -0.2) is 33.7 Å². The largest absolute Gasteiger partial charge is 0.394 e. The molecule has 0 aliphatic rings. The molecule has 0 heterocycles. The molecule has 0 bridgehead atoms. The third-order valence-electron chi connectivity index (χ3n) is 2.18. The molecule has 4 N–H and O–H groups in total. The average molecular weight is 352 g/mol. The lowest BCUT2D eigenvalue weighted by Crippen LogP contribution is -2.31. The van der Waals surface area contributed by atoms with Gasteiger partial charge in [-0.2, -0.15) is 8.42 Å². The van der Waals surface area contributed by atoms with E-state index in [-0.39, 0.29) is 0 Å². The van der Waals surface area contributed by atoms with E-state index in [4.69, 9.17) is 10.3 Å². The zero-order valence-corrected chi connectivity index (χ0v) is 11.5. The summed E-state index contributed by atoms with van der Waals surface area (Å²) < 4.78 is 107. The molecule has 7 nitrogen and oxygen atoms in total. The third-order valence-corrected chi connectivity index (χ3v) is 4.38. The van der Waals surface area contributed by atoms with Crippen LogP contribution in [0.3, 0.4) is 0 Å². The molecular formula is C8H8F4N2O5S2. The summed E-state index contributed by atoms with van der Waals surface area (Å²) in [5.74, 6) is -9.85. The summed E-state index contributed by atoms with van der Waals surface area (Å²) >= 11 is 0. The zero-order valence-electron chi connectivity index (χ0n) is 9.90. The van der Waals surface area contributed by atoms with Gasteiger partial charge in [0, 0.05) is 6.54 Å². The van der Waals surface area contributed by atoms with Gasteiger partial charge in [-0.05, 0) is 0 Å². The van der Waals surface area contributed by atoms with E-state index in [1.807, 2.05) is 0 Å². The van der Waals surface area contributed by atoms with Crippen molar-refractivity contribution in [3.63, 3.8) is 0 Å². The number of hydrogen-bond donors (Lipinski definition) is 3. The Bertz CT molecular complexity index is 749. The number of nitrogen functional groups attached to an aromatic ring is 1. The monoisotopic (exact) mass is 352 g/mol. The fourth-order valence-electron chi connectivity index (χ4n) is 1.24. The molecule has 1 aromatic rings. The van der Waals surface area contributed by atoms with Crippen molar-refractivity contribution in [2.45, 2.75) is 4.90 Å². The van der Waals surface area contributed by atoms with Crippen molar-refractivity contribution in [1.29, 1.82) is 0 Å². The Kier molecular flexibility index (Phi) is 4.82. The summed E-state index contributed by atoms with van der Waals surface area (Å²) in [6.07, 6.45) is 0. The van der Waals surface area contributed by atoms with Crippen LogP contribution < -0.4 is 10.5 Å². The van der Waals surface area contributed by atoms with E-state index in [1.54, 1.807) is 0 Å². The normalized spacial score (nSPS) is 12.6. The van der Waals surface area contributed by atoms with Crippen molar-refractivity contribution in [2.75, 3.05) is 18.0 Å². The van der Waals surface area contributed by atoms with Crippen LogP contribution in [0.4, 0.5) is 23.2 Å². The molecule has 1 rings (SSSR count). The molecule has 0 saturated carbocycles. The third kappa shape index (κ3) is 3.81. The van der Waals surface area contributed by atoms with Crippen LogP contribution in [0.5, 0.6) is 0 Å². The summed E-state index contributed by atoms with van der Waals surface area (Å²) in [6.45, 7) is -0.979. The summed E-state index contributed by atoms with van der Waals surface area (Å²) in [4.78, 5) is -1.98. The number of nitrogens with two attached hydrogens (primary N) is 1. The molecule has 120 valence electrons. The molecule has 1 aromatic carbocycles.